The maximum absolute atomic E-state index is 3.68. The van der Waals surface area contributed by atoms with Crippen LogP contribution in [0.15, 0.2) is 35.9 Å². The molecule has 114 valence electrons. The van der Waals surface area contributed by atoms with Crippen LogP contribution in [-0.2, 0) is 0 Å². The molecule has 2 aliphatic carbocycles. The molecule has 1 heteroatoms. The van der Waals surface area contributed by atoms with Crippen LogP contribution >= 0.6 is 0 Å². The second kappa shape index (κ2) is 7.26. The molecule has 1 aromatic rings. The van der Waals surface area contributed by atoms with Gasteiger partial charge in [0.1, 0.15) is 0 Å². The molecular weight excluding hydrogens is 254 g/mol. The summed E-state index contributed by atoms with van der Waals surface area (Å²) in [6.45, 7) is 3.26. The fourth-order valence-corrected chi connectivity index (χ4v) is 3.65. The van der Waals surface area contributed by atoms with Gasteiger partial charge >= 0.3 is 0 Å². The topological polar surface area (TPSA) is 12.0 Å². The van der Waals surface area contributed by atoms with Crippen LogP contribution in [0, 0.1) is 0 Å². The molecule has 0 aliphatic heterocycles. The largest absolute Gasteiger partial charge is 0.310 e. The Labute approximate surface area is 129 Å². The predicted molar refractivity (Wildman–Crippen MR) is 90.6 cm³/mol. The highest BCUT2D eigenvalue weighted by Crippen LogP contribution is 2.37. The summed E-state index contributed by atoms with van der Waals surface area (Å²) in [6.07, 6.45) is 13.2. The maximum Gasteiger partial charge on any atom is 0.0357 e. The molecule has 1 aromatic carbocycles. The second-order valence-corrected chi connectivity index (χ2v) is 6.72. The highest BCUT2D eigenvalue weighted by Gasteiger charge is 2.20. The van der Waals surface area contributed by atoms with E-state index in [9.17, 15) is 0 Å². The molecule has 0 amide bonds. The van der Waals surface area contributed by atoms with Gasteiger partial charge in [-0.05, 0) is 68.5 Å². The molecular formula is C20H29N. The summed E-state index contributed by atoms with van der Waals surface area (Å²) in [5, 5.41) is 3.68. The smallest absolute Gasteiger partial charge is 0.0357 e. The molecule has 1 saturated carbocycles. The second-order valence-electron chi connectivity index (χ2n) is 6.72. The summed E-state index contributed by atoms with van der Waals surface area (Å²) in [7, 11) is 0. The lowest BCUT2D eigenvalue weighted by Crippen LogP contribution is -2.22. The van der Waals surface area contributed by atoms with Crippen molar-refractivity contribution in [3.8, 4) is 0 Å². The first kappa shape index (κ1) is 14.8. The lowest BCUT2D eigenvalue weighted by molar-refractivity contribution is 0.419. The predicted octanol–water partition coefficient (Wildman–Crippen LogP) is 5.50. The molecule has 21 heavy (non-hydrogen) atoms. The van der Waals surface area contributed by atoms with Crippen LogP contribution < -0.4 is 5.32 Å². The minimum Gasteiger partial charge on any atom is -0.310 e. The van der Waals surface area contributed by atoms with Crippen molar-refractivity contribution in [2.75, 3.05) is 6.54 Å². The Morgan fingerprint density at radius 3 is 2.48 bits per heavy atom. The molecule has 0 radical (unpaired) electrons. The van der Waals surface area contributed by atoms with Crippen molar-refractivity contribution in [1.82, 2.24) is 5.32 Å². The molecule has 0 bridgehead atoms. The van der Waals surface area contributed by atoms with Gasteiger partial charge in [0.05, 0.1) is 0 Å². The van der Waals surface area contributed by atoms with Crippen molar-refractivity contribution in [3.05, 3.63) is 47.0 Å². The number of hydrogen-bond acceptors (Lipinski definition) is 1. The molecule has 1 nitrogen and oxygen atoms in total. The van der Waals surface area contributed by atoms with Crippen LogP contribution in [0.4, 0.5) is 0 Å². The molecule has 1 atom stereocenters. The third kappa shape index (κ3) is 3.77. The fourth-order valence-electron chi connectivity index (χ4n) is 3.65. The van der Waals surface area contributed by atoms with Crippen LogP contribution in [0.1, 0.15) is 81.4 Å². The standard InChI is InChI=1S/C20H29N/c1-2-21-20(15-16-7-4-3-5-8-16)19-13-11-18(12-14-19)17-9-6-10-17/h7,11-14,17,20-21H,2-6,8-10,15H2,1H3. The van der Waals surface area contributed by atoms with Gasteiger partial charge in [-0.1, -0.05) is 49.3 Å². The fraction of sp³-hybridized carbons (Fsp3) is 0.600. The minimum absolute atomic E-state index is 0.495. The zero-order valence-corrected chi connectivity index (χ0v) is 13.4. The monoisotopic (exact) mass is 283 g/mol. The number of hydrogen-bond donors (Lipinski definition) is 1. The summed E-state index contributed by atoms with van der Waals surface area (Å²) < 4.78 is 0. The Morgan fingerprint density at radius 1 is 1.10 bits per heavy atom. The normalized spacial score (nSPS) is 20.7. The quantitative estimate of drug-likeness (QED) is 0.680. The average molecular weight is 283 g/mol. The van der Waals surface area contributed by atoms with Crippen LogP contribution in [0.2, 0.25) is 0 Å². The molecule has 0 spiro atoms. The highest BCUT2D eigenvalue weighted by molar-refractivity contribution is 5.29. The van der Waals surface area contributed by atoms with Gasteiger partial charge < -0.3 is 5.32 Å². The molecule has 1 fully saturated rings. The molecule has 3 rings (SSSR count). The molecule has 0 aromatic heterocycles. The number of allylic oxidation sites excluding steroid dienone is 1. The van der Waals surface area contributed by atoms with Crippen molar-refractivity contribution in [2.45, 2.75) is 70.3 Å². The van der Waals surface area contributed by atoms with Gasteiger partial charge in [-0.25, -0.2) is 0 Å². The Kier molecular flexibility index (Phi) is 5.13. The number of rotatable bonds is 6. The first-order valence-corrected chi connectivity index (χ1v) is 8.88. The summed E-state index contributed by atoms with van der Waals surface area (Å²) >= 11 is 0. The van der Waals surface area contributed by atoms with Crippen molar-refractivity contribution >= 4 is 0 Å². The number of nitrogens with one attached hydrogen (secondary N) is 1. The third-order valence-electron chi connectivity index (χ3n) is 5.22. The molecule has 0 heterocycles. The van der Waals surface area contributed by atoms with Crippen LogP contribution in [-0.4, -0.2) is 6.54 Å². The highest BCUT2D eigenvalue weighted by atomic mass is 14.9. The minimum atomic E-state index is 0.495. The Bertz CT molecular complexity index is 467. The maximum atomic E-state index is 3.68. The van der Waals surface area contributed by atoms with Crippen molar-refractivity contribution in [3.63, 3.8) is 0 Å². The molecule has 1 unspecified atom stereocenters. The average Bonchev–Trinajstić information content (AvgIpc) is 2.47. The first-order valence-electron chi connectivity index (χ1n) is 8.88. The third-order valence-corrected chi connectivity index (χ3v) is 5.22. The first-order chi connectivity index (χ1) is 10.4. The van der Waals surface area contributed by atoms with E-state index in [4.69, 9.17) is 0 Å². The van der Waals surface area contributed by atoms with E-state index in [1.807, 2.05) is 0 Å². The van der Waals surface area contributed by atoms with Gasteiger partial charge in [0.25, 0.3) is 0 Å². The summed E-state index contributed by atoms with van der Waals surface area (Å²) in [5.74, 6) is 0.845. The summed E-state index contributed by atoms with van der Waals surface area (Å²) in [6, 6.07) is 9.97. The van der Waals surface area contributed by atoms with Gasteiger partial charge in [-0.3, -0.25) is 0 Å². The summed E-state index contributed by atoms with van der Waals surface area (Å²) in [5.41, 5.74) is 4.68. The van der Waals surface area contributed by atoms with E-state index in [0.29, 0.717) is 6.04 Å². The van der Waals surface area contributed by atoms with E-state index < -0.39 is 0 Å². The van der Waals surface area contributed by atoms with Gasteiger partial charge in [0.15, 0.2) is 0 Å². The van der Waals surface area contributed by atoms with Gasteiger partial charge in [-0.2, -0.15) is 0 Å². The van der Waals surface area contributed by atoms with E-state index in [1.54, 1.807) is 11.1 Å². The van der Waals surface area contributed by atoms with E-state index in [1.165, 1.54) is 56.9 Å². The lowest BCUT2D eigenvalue weighted by atomic mass is 9.79. The Balaban J connectivity index is 1.68. The van der Waals surface area contributed by atoms with E-state index in [2.05, 4.69) is 42.6 Å². The van der Waals surface area contributed by atoms with Gasteiger partial charge in [-0.15, -0.1) is 0 Å². The van der Waals surface area contributed by atoms with Crippen LogP contribution in [0.25, 0.3) is 0 Å². The zero-order chi connectivity index (χ0) is 14.5. The lowest BCUT2D eigenvalue weighted by Gasteiger charge is -2.27. The number of benzene rings is 1. The van der Waals surface area contributed by atoms with Crippen LogP contribution in [0.5, 0.6) is 0 Å². The van der Waals surface area contributed by atoms with E-state index in [-0.39, 0.29) is 0 Å². The summed E-state index contributed by atoms with van der Waals surface area (Å²) in [4.78, 5) is 0. The molecule has 0 saturated heterocycles. The van der Waals surface area contributed by atoms with Crippen molar-refractivity contribution < 1.29 is 0 Å². The van der Waals surface area contributed by atoms with E-state index in [0.717, 1.165) is 12.5 Å². The van der Waals surface area contributed by atoms with Gasteiger partial charge in [0.2, 0.25) is 0 Å². The van der Waals surface area contributed by atoms with Crippen molar-refractivity contribution in [2.24, 2.45) is 0 Å². The molecule has 1 N–H and O–H groups in total. The van der Waals surface area contributed by atoms with Crippen molar-refractivity contribution in [1.29, 1.82) is 0 Å². The van der Waals surface area contributed by atoms with Crippen LogP contribution in [0.3, 0.4) is 0 Å². The van der Waals surface area contributed by atoms with Gasteiger partial charge in [0, 0.05) is 6.04 Å². The SMILES string of the molecule is CCNC(CC1=CCCCC1)c1ccc(C2CCC2)cc1. The van der Waals surface area contributed by atoms with E-state index >= 15 is 0 Å². The molecule has 2 aliphatic rings. The zero-order valence-electron chi connectivity index (χ0n) is 13.4. The Hall–Kier alpha value is -1.08. The Morgan fingerprint density at radius 2 is 1.90 bits per heavy atom.